The monoisotopic (exact) mass is 976 g/mol. The van der Waals surface area contributed by atoms with Gasteiger partial charge in [0.15, 0.2) is 6.10 Å². The summed E-state index contributed by atoms with van der Waals surface area (Å²) in [7, 11) is 1.62. The van der Waals surface area contributed by atoms with Crippen LogP contribution >= 0.6 is 31.9 Å². The average Bonchev–Trinajstić information content (AvgIpc) is 3.30. The predicted octanol–water partition coefficient (Wildman–Crippen LogP) is 10.6. The molecular formula is C49H62Br2N4O7. The largest absolute Gasteiger partial charge is 0.497 e. The highest BCUT2D eigenvalue weighted by atomic mass is 79.9. The summed E-state index contributed by atoms with van der Waals surface area (Å²) < 4.78 is 24.2. The van der Waals surface area contributed by atoms with Gasteiger partial charge in [0.2, 0.25) is 0 Å². The van der Waals surface area contributed by atoms with E-state index >= 15 is 0 Å². The third-order valence-electron chi connectivity index (χ3n) is 12.7. The van der Waals surface area contributed by atoms with E-state index in [4.69, 9.17) is 30.4 Å². The van der Waals surface area contributed by atoms with Gasteiger partial charge in [0.25, 0.3) is 0 Å². The smallest absolute Gasteiger partial charge is 0.338 e. The minimum atomic E-state index is -1.13. The molecule has 0 heterocycles. The Hall–Kier alpha value is -4.17. The molecule has 0 bridgehead atoms. The Balaban J connectivity index is 1.19. The van der Waals surface area contributed by atoms with E-state index in [1.165, 1.54) is 38.5 Å². The second kappa shape index (κ2) is 22.4. The highest BCUT2D eigenvalue weighted by Gasteiger charge is 2.27. The van der Waals surface area contributed by atoms with Crippen molar-refractivity contribution in [2.24, 2.45) is 0 Å². The van der Waals surface area contributed by atoms with Crippen LogP contribution in [0.4, 0.5) is 11.4 Å². The van der Waals surface area contributed by atoms with Gasteiger partial charge < -0.3 is 30.4 Å². The highest BCUT2D eigenvalue weighted by Crippen LogP contribution is 2.33. The standard InChI is InChI=1S/C49H62Br2N4O7/c1-5-54(39-13-9-7-10-14-39)27-37-22-35(25-43(50)45(37)52)48(57)61-30-42(29-60-47(56)31(3)32-17-18-34-24-41(59-4)20-19-33(34)21-32)62-49(58)36-23-38(46(53)44(51)26-36)28-55(6-2)40-15-11-8-12-16-40/h17-26,31,39-40,42H,5-16,27-30,52-53H2,1-4H3. The van der Waals surface area contributed by atoms with Crippen LogP contribution in [0.25, 0.3) is 10.8 Å². The number of nitrogen functional groups attached to an aromatic ring is 2. The van der Waals surface area contributed by atoms with Gasteiger partial charge in [0.1, 0.15) is 19.0 Å². The Labute approximate surface area is 383 Å². The Morgan fingerprint density at radius 2 is 1.18 bits per heavy atom. The summed E-state index contributed by atoms with van der Waals surface area (Å²) >= 11 is 7.14. The van der Waals surface area contributed by atoms with Crippen molar-refractivity contribution < 1.29 is 33.3 Å². The zero-order chi connectivity index (χ0) is 44.3. The molecule has 0 aliphatic heterocycles. The summed E-state index contributed by atoms with van der Waals surface area (Å²) in [5, 5.41) is 1.92. The second-order valence-corrected chi connectivity index (χ2v) is 18.4. The van der Waals surface area contributed by atoms with Gasteiger partial charge in [-0.15, -0.1) is 0 Å². The number of hydrogen-bond acceptors (Lipinski definition) is 11. The first-order chi connectivity index (χ1) is 29.9. The molecule has 2 fully saturated rings. The molecule has 0 spiro atoms. The van der Waals surface area contributed by atoms with E-state index in [0.717, 1.165) is 72.0 Å². The third kappa shape index (κ3) is 12.1. The predicted molar refractivity (Wildman–Crippen MR) is 252 cm³/mol. The number of nitrogens with zero attached hydrogens (tertiary/aromatic N) is 2. The fourth-order valence-corrected chi connectivity index (χ4v) is 9.84. The quantitative estimate of drug-likeness (QED) is 0.0558. The van der Waals surface area contributed by atoms with Crippen LogP contribution in [-0.4, -0.2) is 79.3 Å². The number of methoxy groups -OCH3 is 1. The van der Waals surface area contributed by atoms with Gasteiger partial charge in [-0.1, -0.05) is 76.6 Å². The van der Waals surface area contributed by atoms with E-state index < -0.39 is 29.9 Å². The molecule has 334 valence electrons. The number of esters is 3. The Bertz CT molecular complexity index is 2190. The maximum atomic E-state index is 14.0. The molecule has 4 N–H and O–H groups in total. The third-order valence-corrected chi connectivity index (χ3v) is 14.0. The topological polar surface area (TPSA) is 147 Å². The van der Waals surface area contributed by atoms with Gasteiger partial charge in [-0.05, 0) is 141 Å². The zero-order valence-corrected chi connectivity index (χ0v) is 39.7. The van der Waals surface area contributed by atoms with Crippen LogP contribution in [0.5, 0.6) is 5.75 Å². The van der Waals surface area contributed by atoms with Crippen LogP contribution in [0, 0.1) is 0 Å². The molecule has 6 rings (SSSR count). The molecule has 2 unspecified atom stereocenters. The summed E-state index contributed by atoms with van der Waals surface area (Å²) in [4.78, 5) is 46.2. The first kappa shape index (κ1) is 47.3. The van der Waals surface area contributed by atoms with E-state index in [1.54, 1.807) is 38.3 Å². The molecule has 2 atom stereocenters. The molecule has 13 heteroatoms. The summed E-state index contributed by atoms with van der Waals surface area (Å²) in [6.45, 7) is 8.25. The van der Waals surface area contributed by atoms with Crippen molar-refractivity contribution in [2.75, 3.05) is 44.9 Å². The number of ether oxygens (including phenoxy) is 4. The molecule has 4 aromatic carbocycles. The number of nitrogens with two attached hydrogens (primary N) is 2. The first-order valence-corrected chi connectivity index (χ1v) is 23.7. The van der Waals surface area contributed by atoms with Crippen LogP contribution in [0.3, 0.4) is 0 Å². The fourth-order valence-electron chi connectivity index (χ4n) is 8.84. The van der Waals surface area contributed by atoms with Gasteiger partial charge >= 0.3 is 17.9 Å². The average molecular weight is 979 g/mol. The van der Waals surface area contributed by atoms with Gasteiger partial charge in [0.05, 0.1) is 35.5 Å². The molecule has 2 aliphatic rings. The van der Waals surface area contributed by atoms with Crippen LogP contribution in [-0.2, 0) is 32.1 Å². The maximum absolute atomic E-state index is 14.0. The van der Waals surface area contributed by atoms with Crippen molar-refractivity contribution in [3.63, 3.8) is 0 Å². The molecule has 0 aromatic heterocycles. The van der Waals surface area contributed by atoms with Crippen molar-refractivity contribution in [2.45, 2.75) is 122 Å². The van der Waals surface area contributed by atoms with E-state index in [0.29, 0.717) is 51.1 Å². The van der Waals surface area contributed by atoms with Crippen molar-refractivity contribution in [1.29, 1.82) is 0 Å². The lowest BCUT2D eigenvalue weighted by atomic mass is 9.93. The van der Waals surface area contributed by atoms with Gasteiger partial charge in [-0.2, -0.15) is 0 Å². The van der Waals surface area contributed by atoms with Crippen LogP contribution in [0.2, 0.25) is 0 Å². The van der Waals surface area contributed by atoms with Crippen LogP contribution in [0.15, 0.2) is 69.6 Å². The summed E-state index contributed by atoms with van der Waals surface area (Å²) in [6.07, 6.45) is 10.8. The lowest BCUT2D eigenvalue weighted by Crippen LogP contribution is -2.36. The first-order valence-electron chi connectivity index (χ1n) is 22.1. The Morgan fingerprint density at radius 1 is 0.677 bits per heavy atom. The van der Waals surface area contributed by atoms with Crippen molar-refractivity contribution in [1.82, 2.24) is 9.80 Å². The van der Waals surface area contributed by atoms with E-state index in [1.807, 2.05) is 36.4 Å². The van der Waals surface area contributed by atoms with Crippen LogP contribution < -0.4 is 16.2 Å². The van der Waals surface area contributed by atoms with E-state index in [-0.39, 0.29) is 18.8 Å². The normalized spacial score (nSPS) is 16.0. The summed E-state index contributed by atoms with van der Waals surface area (Å²) in [5.41, 5.74) is 17.2. The van der Waals surface area contributed by atoms with Crippen molar-refractivity contribution >= 4 is 71.9 Å². The fraction of sp³-hybridized carbons (Fsp3) is 0.490. The number of halogens is 2. The lowest BCUT2D eigenvalue weighted by Gasteiger charge is -2.34. The number of benzene rings is 4. The van der Waals surface area contributed by atoms with Crippen LogP contribution in [0.1, 0.15) is 128 Å². The molecule has 0 saturated heterocycles. The molecule has 2 aliphatic carbocycles. The minimum Gasteiger partial charge on any atom is -0.497 e. The van der Waals surface area contributed by atoms with Crippen molar-refractivity contribution in [3.05, 3.63) is 97.4 Å². The lowest BCUT2D eigenvalue weighted by molar-refractivity contribution is -0.149. The molecular weight excluding hydrogens is 916 g/mol. The summed E-state index contributed by atoms with van der Waals surface area (Å²) in [5.74, 6) is -1.70. The number of carbonyl (C=O) groups excluding carboxylic acids is 3. The highest BCUT2D eigenvalue weighted by molar-refractivity contribution is 9.11. The molecule has 62 heavy (non-hydrogen) atoms. The molecule has 0 radical (unpaired) electrons. The SMILES string of the molecule is CCN(Cc1cc(C(=O)OCC(COC(=O)C(C)c2ccc3cc(OC)ccc3c2)OC(=O)c2cc(Br)c(N)c(CN(CC)C3CCCCC3)c2)cc(Br)c1N)C1CCCCC1. The minimum absolute atomic E-state index is 0.273. The molecule has 2 saturated carbocycles. The molecule has 0 amide bonds. The number of fused-ring (bicyclic) bond motifs is 1. The van der Waals surface area contributed by atoms with E-state index in [9.17, 15) is 14.4 Å². The van der Waals surface area contributed by atoms with Gasteiger partial charge in [0, 0.05) is 34.1 Å². The van der Waals surface area contributed by atoms with Gasteiger partial charge in [-0.3, -0.25) is 14.6 Å². The number of anilines is 2. The van der Waals surface area contributed by atoms with E-state index in [2.05, 4.69) is 55.5 Å². The maximum Gasteiger partial charge on any atom is 0.338 e. The number of carbonyl (C=O) groups is 3. The molecule has 4 aromatic rings. The number of hydrogen-bond donors (Lipinski definition) is 2. The second-order valence-electron chi connectivity index (χ2n) is 16.7. The number of rotatable bonds is 18. The zero-order valence-electron chi connectivity index (χ0n) is 36.6. The summed E-state index contributed by atoms with van der Waals surface area (Å²) in [6, 6.07) is 19.2. The van der Waals surface area contributed by atoms with Crippen molar-refractivity contribution in [3.8, 4) is 5.75 Å². The Morgan fingerprint density at radius 3 is 1.71 bits per heavy atom. The molecule has 11 nitrogen and oxygen atoms in total. The van der Waals surface area contributed by atoms with Gasteiger partial charge in [-0.25, -0.2) is 9.59 Å². The Kier molecular flexibility index (Phi) is 17.1.